The number of pyridine rings is 1. The van der Waals surface area contributed by atoms with Crippen LogP contribution in [0.4, 0.5) is 4.79 Å². The van der Waals surface area contributed by atoms with Crippen molar-refractivity contribution in [3.8, 4) is 5.88 Å². The molecule has 1 amide bonds. The van der Waals surface area contributed by atoms with Crippen LogP contribution in [0.15, 0.2) is 18.2 Å². The quantitative estimate of drug-likeness (QED) is 0.871. The van der Waals surface area contributed by atoms with Crippen molar-refractivity contribution >= 4 is 17.7 Å². The van der Waals surface area contributed by atoms with Gasteiger partial charge in [-0.15, -0.1) is 0 Å². The Labute approximate surface area is 122 Å². The van der Waals surface area contributed by atoms with E-state index >= 15 is 0 Å². The molecule has 1 aliphatic heterocycles. The summed E-state index contributed by atoms with van der Waals surface area (Å²) in [5.74, 6) is 1.07. The minimum atomic E-state index is -0.809. The van der Waals surface area contributed by atoms with Gasteiger partial charge < -0.3 is 14.7 Å². The van der Waals surface area contributed by atoms with E-state index in [-0.39, 0.29) is 0 Å². The molecule has 2 aliphatic rings. The summed E-state index contributed by atoms with van der Waals surface area (Å²) in [6.07, 6.45) is 2.20. The summed E-state index contributed by atoms with van der Waals surface area (Å²) in [7, 11) is 0. The minimum Gasteiger partial charge on any atom is -0.477 e. The third-order valence-corrected chi connectivity index (χ3v) is 4.72. The largest absolute Gasteiger partial charge is 0.477 e. The summed E-state index contributed by atoms with van der Waals surface area (Å²) in [6.45, 7) is 1.92. The number of carboxylic acid groups (broad SMARTS) is 1. The lowest BCUT2D eigenvalue weighted by Gasteiger charge is -2.30. The molecule has 5 nitrogen and oxygen atoms in total. The number of halogens is 1. The first-order valence-electron chi connectivity index (χ1n) is 6.82. The fourth-order valence-electron chi connectivity index (χ4n) is 3.08. The second-order valence-corrected chi connectivity index (χ2v) is 6.03. The molecule has 6 heteroatoms. The number of piperidine rings is 1. The van der Waals surface area contributed by atoms with Gasteiger partial charge in [0.25, 0.3) is 0 Å². The van der Waals surface area contributed by atoms with Gasteiger partial charge >= 0.3 is 6.09 Å². The zero-order chi connectivity index (χ0) is 14.2. The van der Waals surface area contributed by atoms with E-state index in [1.807, 2.05) is 6.07 Å². The average Bonchev–Trinajstić information content (AvgIpc) is 3.09. The molecule has 1 atom stereocenters. The smallest absolute Gasteiger partial charge is 0.407 e. The topological polar surface area (TPSA) is 62.7 Å². The Balaban J connectivity index is 1.49. The van der Waals surface area contributed by atoms with Crippen LogP contribution in [0.2, 0.25) is 5.15 Å². The maximum Gasteiger partial charge on any atom is 0.407 e. The van der Waals surface area contributed by atoms with Crippen LogP contribution >= 0.6 is 11.6 Å². The summed E-state index contributed by atoms with van der Waals surface area (Å²) in [6, 6.07) is 5.33. The Morgan fingerprint density at radius 3 is 2.90 bits per heavy atom. The SMILES string of the molecule is O=C(O)N1CCC2(CC1)C[C@H]2COc1cccc(Cl)n1. The van der Waals surface area contributed by atoms with Crippen molar-refractivity contribution < 1.29 is 14.6 Å². The molecule has 1 saturated carbocycles. The molecule has 1 aliphatic carbocycles. The lowest BCUT2D eigenvalue weighted by Crippen LogP contribution is -2.38. The highest BCUT2D eigenvalue weighted by Gasteiger charge is 2.55. The van der Waals surface area contributed by atoms with Gasteiger partial charge in [-0.1, -0.05) is 17.7 Å². The third-order valence-electron chi connectivity index (χ3n) is 4.51. The van der Waals surface area contributed by atoms with Gasteiger partial charge in [0.15, 0.2) is 0 Å². The van der Waals surface area contributed by atoms with Crippen LogP contribution in [0.25, 0.3) is 0 Å². The van der Waals surface area contributed by atoms with E-state index in [4.69, 9.17) is 21.4 Å². The summed E-state index contributed by atoms with van der Waals surface area (Å²) >= 11 is 5.81. The van der Waals surface area contributed by atoms with Crippen LogP contribution in [0.1, 0.15) is 19.3 Å². The normalized spacial score (nSPS) is 23.6. The van der Waals surface area contributed by atoms with Crippen molar-refractivity contribution in [2.45, 2.75) is 19.3 Å². The molecule has 1 aromatic heterocycles. The second kappa shape index (κ2) is 5.13. The molecule has 1 saturated heterocycles. The van der Waals surface area contributed by atoms with Crippen LogP contribution in [-0.2, 0) is 0 Å². The first kappa shape index (κ1) is 13.5. The van der Waals surface area contributed by atoms with Gasteiger partial charge in [0.05, 0.1) is 6.61 Å². The summed E-state index contributed by atoms with van der Waals surface area (Å²) < 4.78 is 5.69. The van der Waals surface area contributed by atoms with E-state index in [2.05, 4.69) is 4.98 Å². The van der Waals surface area contributed by atoms with Crippen LogP contribution in [0.3, 0.4) is 0 Å². The molecule has 3 rings (SSSR count). The number of amides is 1. The Kier molecular flexibility index (Phi) is 3.46. The summed E-state index contributed by atoms with van der Waals surface area (Å²) in [5, 5.41) is 9.39. The number of hydrogen-bond acceptors (Lipinski definition) is 3. The number of nitrogens with zero attached hydrogens (tertiary/aromatic N) is 2. The van der Waals surface area contributed by atoms with Gasteiger partial charge in [0, 0.05) is 19.2 Å². The molecule has 1 aromatic rings. The van der Waals surface area contributed by atoms with Crippen LogP contribution in [0.5, 0.6) is 5.88 Å². The maximum atomic E-state index is 10.9. The van der Waals surface area contributed by atoms with Gasteiger partial charge in [-0.3, -0.25) is 0 Å². The molecule has 1 spiro atoms. The maximum absolute atomic E-state index is 10.9. The summed E-state index contributed by atoms with van der Waals surface area (Å²) in [4.78, 5) is 16.5. The van der Waals surface area contributed by atoms with Gasteiger partial charge in [-0.25, -0.2) is 9.78 Å². The highest BCUT2D eigenvalue weighted by molar-refractivity contribution is 6.29. The molecule has 20 heavy (non-hydrogen) atoms. The van der Waals surface area contributed by atoms with E-state index in [9.17, 15) is 4.79 Å². The molecule has 0 bridgehead atoms. The molecule has 0 aromatic carbocycles. The first-order chi connectivity index (χ1) is 9.59. The number of likely N-dealkylation sites (tertiary alicyclic amines) is 1. The standard InChI is InChI=1S/C14H17ClN2O3/c15-11-2-1-3-12(16-11)20-9-10-8-14(10)4-6-17(7-5-14)13(18)19/h1-3,10H,4-9H2,(H,18,19)/t10-/m0/s1. The second-order valence-electron chi connectivity index (χ2n) is 5.64. The Morgan fingerprint density at radius 2 is 2.25 bits per heavy atom. The minimum absolute atomic E-state index is 0.296. The third kappa shape index (κ3) is 2.68. The molecule has 2 fully saturated rings. The Bertz CT molecular complexity index is 515. The van der Waals surface area contributed by atoms with E-state index in [1.165, 1.54) is 4.90 Å². The molecule has 108 valence electrons. The fourth-order valence-corrected chi connectivity index (χ4v) is 3.24. The van der Waals surface area contributed by atoms with Crippen molar-refractivity contribution in [2.75, 3.05) is 19.7 Å². The molecule has 2 heterocycles. The van der Waals surface area contributed by atoms with E-state index in [0.29, 0.717) is 42.1 Å². The number of ether oxygens (including phenoxy) is 1. The van der Waals surface area contributed by atoms with Gasteiger partial charge in [0.1, 0.15) is 5.15 Å². The van der Waals surface area contributed by atoms with Gasteiger partial charge in [-0.2, -0.15) is 0 Å². The van der Waals surface area contributed by atoms with Gasteiger partial charge in [-0.05, 0) is 36.7 Å². The van der Waals surface area contributed by atoms with Crippen LogP contribution < -0.4 is 4.74 Å². The molecular weight excluding hydrogens is 280 g/mol. The van der Waals surface area contributed by atoms with Crippen molar-refractivity contribution in [3.05, 3.63) is 23.4 Å². The predicted molar refractivity (Wildman–Crippen MR) is 74.1 cm³/mol. The number of aromatic nitrogens is 1. The van der Waals surface area contributed by atoms with Crippen molar-refractivity contribution in [1.29, 1.82) is 0 Å². The highest BCUT2D eigenvalue weighted by atomic mass is 35.5. The van der Waals surface area contributed by atoms with E-state index in [1.54, 1.807) is 12.1 Å². The van der Waals surface area contributed by atoms with Crippen molar-refractivity contribution in [2.24, 2.45) is 11.3 Å². The molecule has 0 unspecified atom stereocenters. The summed E-state index contributed by atoms with van der Waals surface area (Å²) in [5.41, 5.74) is 0.296. The van der Waals surface area contributed by atoms with Gasteiger partial charge in [0.2, 0.25) is 5.88 Å². The fraction of sp³-hybridized carbons (Fsp3) is 0.571. The molecule has 0 radical (unpaired) electrons. The first-order valence-corrected chi connectivity index (χ1v) is 7.20. The molecule has 1 N–H and O–H groups in total. The number of rotatable bonds is 3. The Morgan fingerprint density at radius 1 is 1.50 bits per heavy atom. The monoisotopic (exact) mass is 296 g/mol. The average molecular weight is 297 g/mol. The van der Waals surface area contributed by atoms with E-state index < -0.39 is 6.09 Å². The van der Waals surface area contributed by atoms with Crippen LogP contribution in [-0.4, -0.2) is 40.8 Å². The van der Waals surface area contributed by atoms with Crippen molar-refractivity contribution in [1.82, 2.24) is 9.88 Å². The highest BCUT2D eigenvalue weighted by Crippen LogP contribution is 2.59. The zero-order valence-electron chi connectivity index (χ0n) is 11.1. The van der Waals surface area contributed by atoms with Crippen molar-refractivity contribution in [3.63, 3.8) is 0 Å². The lowest BCUT2D eigenvalue weighted by molar-refractivity contribution is 0.114. The number of carbonyl (C=O) groups is 1. The Hall–Kier alpha value is -1.49. The number of hydrogen-bond donors (Lipinski definition) is 1. The predicted octanol–water partition coefficient (Wildman–Crippen LogP) is 2.89. The lowest BCUT2D eigenvalue weighted by atomic mass is 9.91. The zero-order valence-corrected chi connectivity index (χ0v) is 11.8. The molecular formula is C14H17ClN2O3. The van der Waals surface area contributed by atoms with Crippen LogP contribution in [0, 0.1) is 11.3 Å². The van der Waals surface area contributed by atoms with E-state index in [0.717, 1.165) is 19.3 Å².